The summed E-state index contributed by atoms with van der Waals surface area (Å²) in [5.41, 5.74) is 0.118. The van der Waals surface area contributed by atoms with Crippen LogP contribution in [0.25, 0.3) is 20.2 Å². The number of thiophene rings is 2. The van der Waals surface area contributed by atoms with Crippen LogP contribution in [0, 0.1) is 17.6 Å². The number of aliphatic imine (C=N–C) groups is 1. The van der Waals surface area contributed by atoms with Crippen LogP contribution in [0.5, 0.6) is 0 Å². The Morgan fingerprint density at radius 2 is 1.59 bits per heavy atom. The molecule has 0 spiro atoms. The Balaban J connectivity index is 1.57. The average Bonchev–Trinajstić information content (AvgIpc) is 3.39. The summed E-state index contributed by atoms with van der Waals surface area (Å²) >= 11 is 7.80. The number of rotatable bonds is 5. The molecule has 3 aromatic rings. The summed E-state index contributed by atoms with van der Waals surface area (Å²) in [7, 11) is 0. The molecule has 0 unspecified atom stereocenters. The summed E-state index contributed by atoms with van der Waals surface area (Å²) in [6, 6.07) is 10.9. The van der Waals surface area contributed by atoms with Crippen LogP contribution < -0.4 is 0 Å². The van der Waals surface area contributed by atoms with Crippen molar-refractivity contribution in [1.29, 1.82) is 0 Å². The smallest absolute Gasteiger partial charge is 0.153 e. The molecule has 2 heterocycles. The molecule has 0 radical (unpaired) electrons. The Morgan fingerprint density at radius 3 is 2.30 bits per heavy atom. The minimum atomic E-state index is -0.729. The molecule has 2 aromatic heterocycles. The molecular formula is C21H17F2NS3. The zero-order valence-electron chi connectivity index (χ0n) is 14.5. The Hall–Kier alpha value is -1.72. The fourth-order valence-electron chi connectivity index (χ4n) is 3.60. The highest BCUT2D eigenvalue weighted by molar-refractivity contribution is 7.78. The predicted octanol–water partition coefficient (Wildman–Crippen LogP) is 7.89. The molecule has 0 saturated heterocycles. The van der Waals surface area contributed by atoms with E-state index >= 15 is 0 Å². The molecule has 6 heteroatoms. The Bertz CT molecular complexity index is 985. The van der Waals surface area contributed by atoms with Crippen molar-refractivity contribution < 1.29 is 8.78 Å². The Kier molecular flexibility index (Phi) is 5.60. The number of hydrogen-bond acceptors (Lipinski definition) is 4. The van der Waals surface area contributed by atoms with Gasteiger partial charge in [-0.15, -0.1) is 22.7 Å². The largest absolute Gasteiger partial charge is 0.204 e. The van der Waals surface area contributed by atoms with Gasteiger partial charge in [-0.3, -0.25) is 0 Å². The van der Waals surface area contributed by atoms with Crippen LogP contribution >= 0.6 is 34.9 Å². The molecule has 0 amide bonds. The number of hydrogen-bond donors (Lipinski definition) is 0. The molecule has 1 nitrogen and oxygen atoms in total. The minimum absolute atomic E-state index is 0.389. The molecule has 0 N–H and O–H groups in total. The van der Waals surface area contributed by atoms with E-state index in [-0.39, 0.29) is 5.69 Å². The van der Waals surface area contributed by atoms with Crippen LogP contribution in [0.1, 0.15) is 30.6 Å². The molecule has 1 aliphatic rings. The summed E-state index contributed by atoms with van der Waals surface area (Å²) < 4.78 is 28.2. The Morgan fingerprint density at radius 1 is 0.963 bits per heavy atom. The van der Waals surface area contributed by atoms with E-state index in [1.807, 2.05) is 28.6 Å². The van der Waals surface area contributed by atoms with E-state index in [0.29, 0.717) is 5.56 Å². The van der Waals surface area contributed by atoms with Crippen molar-refractivity contribution in [3.63, 3.8) is 0 Å². The van der Waals surface area contributed by atoms with Gasteiger partial charge in [0.25, 0.3) is 0 Å². The first-order chi connectivity index (χ1) is 13.1. The molecule has 0 atom stereocenters. The normalized spacial score (nSPS) is 14.4. The van der Waals surface area contributed by atoms with Gasteiger partial charge in [0, 0.05) is 19.5 Å². The molecule has 1 aromatic carbocycles. The first-order valence-corrected chi connectivity index (χ1v) is 10.9. The van der Waals surface area contributed by atoms with E-state index < -0.39 is 11.6 Å². The molecule has 1 saturated carbocycles. The second-order valence-corrected chi connectivity index (χ2v) is 9.21. The quantitative estimate of drug-likeness (QED) is 0.304. The lowest BCUT2D eigenvalue weighted by Crippen LogP contribution is -1.95. The van der Waals surface area contributed by atoms with Crippen molar-refractivity contribution in [1.82, 2.24) is 0 Å². The molecule has 1 fully saturated rings. The highest BCUT2D eigenvalue weighted by atomic mass is 32.1. The maximum absolute atomic E-state index is 14.1. The zero-order chi connectivity index (χ0) is 18.8. The summed E-state index contributed by atoms with van der Waals surface area (Å²) in [6.07, 6.45) is 6.58. The number of halogens is 2. The zero-order valence-corrected chi connectivity index (χ0v) is 17.0. The van der Waals surface area contributed by atoms with Gasteiger partial charge in [0.2, 0.25) is 0 Å². The third-order valence-electron chi connectivity index (χ3n) is 4.93. The van der Waals surface area contributed by atoms with E-state index in [9.17, 15) is 8.78 Å². The predicted molar refractivity (Wildman–Crippen MR) is 113 cm³/mol. The molecule has 0 bridgehead atoms. The third-order valence-corrected chi connectivity index (χ3v) is 7.46. The first kappa shape index (κ1) is 18.6. The summed E-state index contributed by atoms with van der Waals surface area (Å²) in [4.78, 5) is 8.04. The van der Waals surface area contributed by atoms with Crippen molar-refractivity contribution in [3.8, 4) is 20.2 Å². The second kappa shape index (κ2) is 8.11. The summed E-state index contributed by atoms with van der Waals surface area (Å²) in [5, 5.41) is 2.01. The lowest BCUT2D eigenvalue weighted by atomic mass is 10.0. The number of nitrogens with zero attached hydrogens (tertiary/aromatic N) is 1. The van der Waals surface area contributed by atoms with Gasteiger partial charge >= 0.3 is 0 Å². The highest BCUT2D eigenvalue weighted by Crippen LogP contribution is 2.40. The van der Waals surface area contributed by atoms with Gasteiger partial charge in [-0.25, -0.2) is 8.78 Å². The van der Waals surface area contributed by atoms with Crippen molar-refractivity contribution in [3.05, 3.63) is 52.9 Å². The van der Waals surface area contributed by atoms with Gasteiger partial charge in [0.15, 0.2) is 11.6 Å². The molecule has 1 aliphatic carbocycles. The second-order valence-electron chi connectivity index (χ2n) is 6.78. The standard InChI is InChI=1S/C21H17F2NS3/c22-16-10-14(11-17(23)21(16)24-12-25)18-7-8-20(27-18)19-6-5-15(26-19)9-13-3-1-2-4-13/h5-8,10-11,13H,1-4,9H2. The van der Waals surface area contributed by atoms with Gasteiger partial charge in [-0.1, -0.05) is 25.7 Å². The van der Waals surface area contributed by atoms with Crippen LogP contribution in [-0.4, -0.2) is 5.16 Å². The van der Waals surface area contributed by atoms with Gasteiger partial charge in [-0.2, -0.15) is 4.99 Å². The highest BCUT2D eigenvalue weighted by Gasteiger charge is 2.17. The maximum atomic E-state index is 14.1. The van der Waals surface area contributed by atoms with E-state index in [1.54, 1.807) is 11.3 Å². The molecule has 138 valence electrons. The van der Waals surface area contributed by atoms with Gasteiger partial charge < -0.3 is 0 Å². The van der Waals surface area contributed by atoms with Gasteiger partial charge in [-0.05, 0) is 66.5 Å². The number of benzene rings is 1. The van der Waals surface area contributed by atoms with E-state index in [1.165, 1.54) is 54.0 Å². The lowest BCUT2D eigenvalue weighted by Gasteiger charge is -2.05. The molecule has 4 rings (SSSR count). The SMILES string of the molecule is Fc1cc(-c2ccc(-c3ccc(CC4CCCC4)s3)s2)cc(F)c1N=C=S. The number of thiocarbonyl (C=S) groups is 1. The fraction of sp³-hybridized carbons (Fsp3) is 0.286. The minimum Gasteiger partial charge on any atom is -0.204 e. The van der Waals surface area contributed by atoms with Crippen molar-refractivity contribution in [2.45, 2.75) is 32.1 Å². The molecule has 0 aliphatic heterocycles. The van der Waals surface area contributed by atoms with Crippen molar-refractivity contribution in [2.75, 3.05) is 0 Å². The lowest BCUT2D eigenvalue weighted by molar-refractivity contribution is 0.551. The molecular weight excluding hydrogens is 400 g/mol. The van der Waals surface area contributed by atoms with E-state index in [2.05, 4.69) is 29.3 Å². The van der Waals surface area contributed by atoms with Crippen molar-refractivity contribution >= 4 is 45.7 Å². The van der Waals surface area contributed by atoms with Crippen LogP contribution in [0.3, 0.4) is 0 Å². The number of isothiocyanates is 1. The van der Waals surface area contributed by atoms with Crippen LogP contribution in [0.4, 0.5) is 14.5 Å². The fourth-order valence-corrected chi connectivity index (χ4v) is 5.90. The van der Waals surface area contributed by atoms with Gasteiger partial charge in [0.1, 0.15) is 5.69 Å². The van der Waals surface area contributed by atoms with Crippen LogP contribution in [0.15, 0.2) is 41.4 Å². The maximum Gasteiger partial charge on any atom is 0.153 e. The van der Waals surface area contributed by atoms with Gasteiger partial charge in [0.05, 0.1) is 5.16 Å². The average molecular weight is 418 g/mol. The van der Waals surface area contributed by atoms with Crippen LogP contribution in [-0.2, 0) is 6.42 Å². The first-order valence-electron chi connectivity index (χ1n) is 8.90. The Labute approximate surface area is 170 Å². The van der Waals surface area contributed by atoms with Crippen LogP contribution in [0.2, 0.25) is 0 Å². The third kappa shape index (κ3) is 4.09. The van der Waals surface area contributed by atoms with Crippen molar-refractivity contribution in [2.24, 2.45) is 10.9 Å². The topological polar surface area (TPSA) is 12.4 Å². The monoisotopic (exact) mass is 417 g/mol. The van der Waals surface area contributed by atoms with E-state index in [0.717, 1.165) is 15.7 Å². The van der Waals surface area contributed by atoms with E-state index in [4.69, 9.17) is 0 Å². The summed E-state index contributed by atoms with van der Waals surface area (Å²) in [5.74, 6) is -0.630. The molecule has 27 heavy (non-hydrogen) atoms. The summed E-state index contributed by atoms with van der Waals surface area (Å²) in [6.45, 7) is 0.